The minimum absolute atomic E-state index is 0.0503. The van der Waals surface area contributed by atoms with E-state index >= 15 is 0 Å². The van der Waals surface area contributed by atoms with Crippen LogP contribution in [0, 0.1) is 5.92 Å². The van der Waals surface area contributed by atoms with E-state index in [1.54, 1.807) is 12.3 Å². The van der Waals surface area contributed by atoms with E-state index in [-0.39, 0.29) is 17.7 Å². The highest BCUT2D eigenvalue weighted by Crippen LogP contribution is 2.66. The van der Waals surface area contributed by atoms with Gasteiger partial charge in [-0.15, -0.1) is 0 Å². The van der Waals surface area contributed by atoms with Crippen LogP contribution in [0.4, 0.5) is 19.0 Å². The second-order valence-electron chi connectivity index (χ2n) is 9.42. The van der Waals surface area contributed by atoms with Crippen molar-refractivity contribution in [2.75, 3.05) is 5.32 Å². The summed E-state index contributed by atoms with van der Waals surface area (Å²) in [5.74, 6) is 3.42. The Labute approximate surface area is 197 Å². The van der Waals surface area contributed by atoms with Crippen LogP contribution >= 0.6 is 0 Å². The molecular weight excluding hydrogens is 457 g/mol. The van der Waals surface area contributed by atoms with E-state index in [2.05, 4.69) is 32.4 Å². The van der Waals surface area contributed by atoms with Crippen LogP contribution in [-0.4, -0.2) is 20.9 Å². The summed E-state index contributed by atoms with van der Waals surface area (Å²) in [6.07, 6.45) is -0.889. The largest absolute Gasteiger partial charge is 0.457 e. The molecule has 35 heavy (non-hydrogen) atoms. The SMILES string of the molecule is O=C1CCc2c(Oc3ccc4c(c3)[C@H]3C(c5nc6ccc(C(F)(F)F)cc6[nH]5)[C@H]3C4)ccnc2N1. The smallest absolute Gasteiger partial charge is 0.416 e. The Morgan fingerprint density at radius 3 is 2.77 bits per heavy atom. The summed E-state index contributed by atoms with van der Waals surface area (Å²) >= 11 is 0. The number of anilines is 1. The minimum atomic E-state index is -4.38. The summed E-state index contributed by atoms with van der Waals surface area (Å²) in [5.41, 5.74) is 3.63. The molecule has 2 aromatic carbocycles. The molecule has 9 heteroatoms. The second-order valence-corrected chi connectivity index (χ2v) is 9.42. The number of fused-ring (bicyclic) bond motifs is 5. The molecule has 2 aromatic heterocycles. The fraction of sp³-hybridized carbons (Fsp3) is 0.269. The Hall–Kier alpha value is -3.88. The van der Waals surface area contributed by atoms with E-state index < -0.39 is 11.7 Å². The maximum Gasteiger partial charge on any atom is 0.416 e. The average Bonchev–Trinajstić information content (AvgIpc) is 3.18. The maximum atomic E-state index is 13.1. The van der Waals surface area contributed by atoms with Crippen molar-refractivity contribution in [3.8, 4) is 11.5 Å². The molecule has 176 valence electrons. The lowest BCUT2D eigenvalue weighted by molar-refractivity contribution is -0.137. The molecule has 1 saturated carbocycles. The molecule has 3 atom stereocenters. The van der Waals surface area contributed by atoms with Crippen LogP contribution in [-0.2, 0) is 23.8 Å². The first kappa shape index (κ1) is 20.5. The van der Waals surface area contributed by atoms with Crippen molar-refractivity contribution in [2.45, 2.75) is 37.3 Å². The van der Waals surface area contributed by atoms with Crippen molar-refractivity contribution in [1.29, 1.82) is 0 Å². The molecule has 3 aliphatic rings. The molecule has 6 nitrogen and oxygen atoms in total. The molecule has 4 aromatic rings. The highest BCUT2D eigenvalue weighted by molar-refractivity contribution is 5.93. The number of alkyl halides is 3. The zero-order valence-electron chi connectivity index (χ0n) is 18.3. The number of halogens is 3. The average molecular weight is 476 g/mol. The first-order valence-corrected chi connectivity index (χ1v) is 11.5. The number of imidazole rings is 1. The van der Waals surface area contributed by atoms with Crippen LogP contribution < -0.4 is 10.1 Å². The van der Waals surface area contributed by atoms with Gasteiger partial charge in [0.15, 0.2) is 0 Å². The molecule has 2 N–H and O–H groups in total. The Morgan fingerprint density at radius 2 is 1.91 bits per heavy atom. The Bertz CT molecular complexity index is 1530. The number of rotatable bonds is 3. The third kappa shape index (κ3) is 3.29. The number of pyridine rings is 1. The molecule has 1 aliphatic heterocycles. The molecule has 1 amide bonds. The van der Waals surface area contributed by atoms with E-state index in [0.717, 1.165) is 29.9 Å². The molecule has 3 heterocycles. The highest BCUT2D eigenvalue weighted by atomic mass is 19.4. The van der Waals surface area contributed by atoms with E-state index in [9.17, 15) is 18.0 Å². The van der Waals surface area contributed by atoms with Crippen LogP contribution in [0.5, 0.6) is 11.5 Å². The Kier molecular flexibility index (Phi) is 4.14. The number of aromatic amines is 1. The van der Waals surface area contributed by atoms with E-state index in [4.69, 9.17) is 4.74 Å². The number of hydrogen-bond donors (Lipinski definition) is 2. The summed E-state index contributed by atoms with van der Waals surface area (Å²) < 4.78 is 45.5. The van der Waals surface area contributed by atoms with Gasteiger partial charge >= 0.3 is 6.18 Å². The lowest BCUT2D eigenvalue weighted by Crippen LogP contribution is -2.20. The summed E-state index contributed by atoms with van der Waals surface area (Å²) in [6.45, 7) is 0. The van der Waals surface area contributed by atoms with Crippen LogP contribution in [0.2, 0.25) is 0 Å². The second kappa shape index (κ2) is 7.07. The predicted molar refractivity (Wildman–Crippen MR) is 121 cm³/mol. The van der Waals surface area contributed by atoms with Crippen molar-refractivity contribution in [2.24, 2.45) is 5.92 Å². The number of H-pyrrole nitrogens is 1. The van der Waals surface area contributed by atoms with Crippen LogP contribution in [0.25, 0.3) is 11.0 Å². The number of ether oxygens (including phenoxy) is 1. The van der Waals surface area contributed by atoms with Gasteiger partial charge < -0.3 is 15.0 Å². The van der Waals surface area contributed by atoms with Gasteiger partial charge in [-0.2, -0.15) is 13.2 Å². The zero-order valence-corrected chi connectivity index (χ0v) is 18.3. The Balaban J connectivity index is 1.16. The molecule has 1 fully saturated rings. The fourth-order valence-corrected chi connectivity index (χ4v) is 5.65. The summed E-state index contributed by atoms with van der Waals surface area (Å²) in [4.78, 5) is 23.7. The number of amides is 1. The lowest BCUT2D eigenvalue weighted by Gasteiger charge is -2.19. The van der Waals surface area contributed by atoms with Gasteiger partial charge in [-0.3, -0.25) is 4.79 Å². The van der Waals surface area contributed by atoms with Gasteiger partial charge in [-0.1, -0.05) is 6.07 Å². The zero-order chi connectivity index (χ0) is 23.9. The molecule has 7 rings (SSSR count). The van der Waals surface area contributed by atoms with Crippen molar-refractivity contribution in [3.05, 3.63) is 76.7 Å². The fourth-order valence-electron chi connectivity index (χ4n) is 5.65. The maximum absolute atomic E-state index is 13.1. The quantitative estimate of drug-likeness (QED) is 0.397. The molecule has 1 unspecified atom stereocenters. The number of hydrogen-bond acceptors (Lipinski definition) is 4. The molecular formula is C26H19F3N4O2. The number of carbonyl (C=O) groups is 1. The number of aromatic nitrogens is 3. The third-order valence-corrected chi connectivity index (χ3v) is 7.34. The molecule has 0 spiro atoms. The Morgan fingerprint density at radius 1 is 1.03 bits per heavy atom. The van der Waals surface area contributed by atoms with Crippen molar-refractivity contribution in [3.63, 3.8) is 0 Å². The minimum Gasteiger partial charge on any atom is -0.457 e. The molecule has 0 saturated heterocycles. The van der Waals surface area contributed by atoms with Gasteiger partial charge in [0.1, 0.15) is 23.1 Å². The summed E-state index contributed by atoms with van der Waals surface area (Å²) in [6, 6.07) is 11.5. The first-order chi connectivity index (χ1) is 16.8. The number of benzene rings is 2. The standard InChI is InChI=1S/C26H19F3N4O2/c27-26(28,29)13-2-5-18-19(10-13)32-25(31-18)23-17-9-12-1-3-14(11-16(12)22(17)23)35-20-7-8-30-24-15(20)4-6-21(34)33-24/h1-3,5,7-8,10-11,17,22-23H,4,6,9H2,(H,31,32)(H,30,33,34)/t17-,22+,23?/m0/s1. The topological polar surface area (TPSA) is 79.9 Å². The van der Waals surface area contributed by atoms with Crippen molar-refractivity contribution in [1.82, 2.24) is 15.0 Å². The predicted octanol–water partition coefficient (Wildman–Crippen LogP) is 5.71. The van der Waals surface area contributed by atoms with Crippen LogP contribution in [0.15, 0.2) is 48.7 Å². The van der Waals surface area contributed by atoms with E-state index in [1.165, 1.54) is 17.2 Å². The third-order valence-electron chi connectivity index (χ3n) is 7.34. The van der Waals surface area contributed by atoms with Gasteiger partial charge in [-0.05, 0) is 72.2 Å². The van der Waals surface area contributed by atoms with Crippen molar-refractivity contribution < 1.29 is 22.7 Å². The number of nitrogens with one attached hydrogen (secondary N) is 2. The van der Waals surface area contributed by atoms with E-state index in [0.29, 0.717) is 47.1 Å². The normalized spacial score (nSPS) is 22.4. The lowest BCUT2D eigenvalue weighted by atomic mass is 10.0. The first-order valence-electron chi connectivity index (χ1n) is 11.5. The van der Waals surface area contributed by atoms with E-state index in [1.807, 2.05) is 6.07 Å². The van der Waals surface area contributed by atoms with Gasteiger partial charge in [0.25, 0.3) is 0 Å². The van der Waals surface area contributed by atoms with Crippen LogP contribution in [0.1, 0.15) is 46.3 Å². The molecule has 0 bridgehead atoms. The van der Waals surface area contributed by atoms with Gasteiger partial charge in [-0.25, -0.2) is 9.97 Å². The van der Waals surface area contributed by atoms with Crippen molar-refractivity contribution >= 4 is 22.8 Å². The monoisotopic (exact) mass is 476 g/mol. The molecule has 2 aliphatic carbocycles. The number of nitrogens with zero attached hydrogens (tertiary/aromatic N) is 2. The van der Waals surface area contributed by atoms with Gasteiger partial charge in [0.05, 0.1) is 16.6 Å². The van der Waals surface area contributed by atoms with Gasteiger partial charge in [0.2, 0.25) is 5.91 Å². The molecule has 0 radical (unpaired) electrons. The van der Waals surface area contributed by atoms with Gasteiger partial charge in [0, 0.05) is 24.1 Å². The summed E-state index contributed by atoms with van der Waals surface area (Å²) in [5, 5.41) is 2.79. The highest BCUT2D eigenvalue weighted by Gasteiger charge is 2.57. The summed E-state index contributed by atoms with van der Waals surface area (Å²) in [7, 11) is 0. The number of carbonyl (C=O) groups excluding carboxylic acids is 1. The van der Waals surface area contributed by atoms with Crippen LogP contribution in [0.3, 0.4) is 0 Å².